The quantitative estimate of drug-likeness (QED) is 0.875. The first-order valence-corrected chi connectivity index (χ1v) is 7.39. The number of rotatable bonds is 5. The van der Waals surface area contributed by atoms with Crippen LogP contribution in [0.1, 0.15) is 48.2 Å². The SMILES string of the molecule is CC(C)(C)c1cc(OCC(=O)NC2CC2)c(C(=O)O)s1. The molecular weight excluding hydrogens is 278 g/mol. The molecule has 0 spiro atoms. The fourth-order valence-electron chi connectivity index (χ4n) is 1.64. The number of ether oxygens (including phenoxy) is 1. The van der Waals surface area contributed by atoms with Gasteiger partial charge in [-0.15, -0.1) is 11.3 Å². The molecule has 2 rings (SSSR count). The lowest BCUT2D eigenvalue weighted by atomic mass is 9.95. The fourth-order valence-corrected chi connectivity index (χ4v) is 2.64. The summed E-state index contributed by atoms with van der Waals surface area (Å²) >= 11 is 1.20. The normalized spacial score (nSPS) is 14.9. The van der Waals surface area contributed by atoms with Crippen molar-refractivity contribution in [1.29, 1.82) is 0 Å². The molecule has 1 saturated carbocycles. The van der Waals surface area contributed by atoms with Gasteiger partial charge in [0.05, 0.1) is 0 Å². The molecule has 1 amide bonds. The van der Waals surface area contributed by atoms with E-state index in [1.54, 1.807) is 6.07 Å². The largest absolute Gasteiger partial charge is 0.482 e. The summed E-state index contributed by atoms with van der Waals surface area (Å²) in [6.07, 6.45) is 2.03. The number of hydrogen-bond acceptors (Lipinski definition) is 4. The van der Waals surface area contributed by atoms with Gasteiger partial charge in [0.25, 0.3) is 5.91 Å². The van der Waals surface area contributed by atoms with Crippen LogP contribution in [0.25, 0.3) is 0 Å². The van der Waals surface area contributed by atoms with Gasteiger partial charge in [-0.2, -0.15) is 0 Å². The highest BCUT2D eigenvalue weighted by Gasteiger charge is 2.26. The number of hydrogen-bond donors (Lipinski definition) is 2. The molecule has 1 fully saturated rings. The van der Waals surface area contributed by atoms with Crippen molar-refractivity contribution < 1.29 is 19.4 Å². The van der Waals surface area contributed by atoms with Crippen LogP contribution in [0.4, 0.5) is 0 Å². The summed E-state index contributed by atoms with van der Waals surface area (Å²) in [5, 5.41) is 12.0. The lowest BCUT2D eigenvalue weighted by Crippen LogP contribution is -2.30. The van der Waals surface area contributed by atoms with E-state index in [2.05, 4.69) is 5.32 Å². The van der Waals surface area contributed by atoms with E-state index in [9.17, 15) is 14.7 Å². The first-order chi connectivity index (χ1) is 9.27. The Morgan fingerprint density at radius 1 is 1.45 bits per heavy atom. The molecule has 6 heteroatoms. The number of carboxylic acid groups (broad SMARTS) is 1. The maximum Gasteiger partial charge on any atom is 0.349 e. The molecule has 1 aromatic rings. The minimum Gasteiger partial charge on any atom is -0.482 e. The molecule has 1 heterocycles. The molecule has 0 atom stereocenters. The highest BCUT2D eigenvalue weighted by atomic mass is 32.1. The molecule has 1 aliphatic carbocycles. The Hall–Kier alpha value is -1.56. The van der Waals surface area contributed by atoms with Crippen molar-refractivity contribution in [3.8, 4) is 5.75 Å². The molecule has 0 bridgehead atoms. The van der Waals surface area contributed by atoms with Crippen LogP contribution in [-0.2, 0) is 10.2 Å². The van der Waals surface area contributed by atoms with Gasteiger partial charge in [0.2, 0.25) is 0 Å². The number of amides is 1. The van der Waals surface area contributed by atoms with Crippen molar-refractivity contribution in [2.75, 3.05) is 6.61 Å². The Labute approximate surface area is 121 Å². The monoisotopic (exact) mass is 297 g/mol. The van der Waals surface area contributed by atoms with Crippen LogP contribution in [0.2, 0.25) is 0 Å². The average Bonchev–Trinajstić information content (AvgIpc) is 3.01. The lowest BCUT2D eigenvalue weighted by molar-refractivity contribution is -0.123. The zero-order valence-electron chi connectivity index (χ0n) is 11.9. The number of carboxylic acids is 1. The maximum atomic E-state index is 11.6. The first kappa shape index (κ1) is 14.8. The Morgan fingerprint density at radius 3 is 2.60 bits per heavy atom. The van der Waals surface area contributed by atoms with Gasteiger partial charge in [-0.1, -0.05) is 20.8 Å². The van der Waals surface area contributed by atoms with Crippen molar-refractivity contribution in [3.05, 3.63) is 15.8 Å². The van der Waals surface area contributed by atoms with E-state index >= 15 is 0 Å². The van der Waals surface area contributed by atoms with Crippen LogP contribution in [-0.4, -0.2) is 29.6 Å². The smallest absolute Gasteiger partial charge is 0.349 e. The summed E-state index contributed by atoms with van der Waals surface area (Å²) in [6, 6.07) is 2.00. The molecule has 0 aliphatic heterocycles. The van der Waals surface area contributed by atoms with Crippen LogP contribution in [0, 0.1) is 0 Å². The number of nitrogens with one attached hydrogen (secondary N) is 1. The Balaban J connectivity index is 2.06. The Morgan fingerprint density at radius 2 is 2.10 bits per heavy atom. The average molecular weight is 297 g/mol. The molecular formula is C14H19NO4S. The number of thiophene rings is 1. The van der Waals surface area contributed by atoms with Gasteiger partial charge in [0.1, 0.15) is 5.75 Å². The molecule has 2 N–H and O–H groups in total. The van der Waals surface area contributed by atoms with E-state index in [4.69, 9.17) is 4.74 Å². The second-order valence-corrected chi connectivity index (χ2v) is 7.04. The predicted molar refractivity (Wildman–Crippen MR) is 76.6 cm³/mol. The van der Waals surface area contributed by atoms with Gasteiger partial charge < -0.3 is 15.2 Å². The van der Waals surface area contributed by atoms with E-state index in [-0.39, 0.29) is 34.6 Å². The Bertz CT molecular complexity index is 526. The third-order valence-electron chi connectivity index (χ3n) is 2.93. The lowest BCUT2D eigenvalue weighted by Gasteiger charge is -2.14. The summed E-state index contributed by atoms with van der Waals surface area (Å²) in [4.78, 5) is 23.9. The van der Waals surface area contributed by atoms with E-state index in [0.29, 0.717) is 0 Å². The van der Waals surface area contributed by atoms with E-state index in [1.807, 2.05) is 20.8 Å². The van der Waals surface area contributed by atoms with Crippen molar-refractivity contribution in [2.24, 2.45) is 0 Å². The third-order valence-corrected chi connectivity index (χ3v) is 4.46. The summed E-state index contributed by atoms with van der Waals surface area (Å²) in [5.41, 5.74) is -0.146. The van der Waals surface area contributed by atoms with Gasteiger partial charge in [-0.25, -0.2) is 4.79 Å². The van der Waals surface area contributed by atoms with E-state index < -0.39 is 5.97 Å². The van der Waals surface area contributed by atoms with E-state index in [1.165, 1.54) is 11.3 Å². The molecule has 1 aliphatic rings. The van der Waals surface area contributed by atoms with Gasteiger partial charge in [-0.3, -0.25) is 4.79 Å². The zero-order chi connectivity index (χ0) is 14.9. The standard InChI is InChI=1S/C14H19NO4S/c1-14(2,3)10-6-9(12(20-10)13(17)18)19-7-11(16)15-8-4-5-8/h6,8H,4-5,7H2,1-3H3,(H,15,16)(H,17,18). The van der Waals surface area contributed by atoms with Gasteiger partial charge in [0.15, 0.2) is 11.5 Å². The molecule has 1 aromatic heterocycles. The van der Waals surface area contributed by atoms with Crippen LogP contribution in [0.5, 0.6) is 5.75 Å². The number of carbonyl (C=O) groups is 2. The fraction of sp³-hybridized carbons (Fsp3) is 0.571. The highest BCUT2D eigenvalue weighted by Crippen LogP contribution is 2.36. The van der Waals surface area contributed by atoms with Crippen molar-refractivity contribution in [3.63, 3.8) is 0 Å². The summed E-state index contributed by atoms with van der Waals surface area (Å²) in [5.74, 6) is -0.950. The topological polar surface area (TPSA) is 75.6 Å². The van der Waals surface area contributed by atoms with Crippen molar-refractivity contribution in [1.82, 2.24) is 5.32 Å². The summed E-state index contributed by atoms with van der Waals surface area (Å²) < 4.78 is 5.38. The van der Waals surface area contributed by atoms with Gasteiger partial charge in [-0.05, 0) is 24.3 Å². The molecule has 0 radical (unpaired) electrons. The predicted octanol–water partition coefficient (Wildman–Crippen LogP) is 2.40. The van der Waals surface area contributed by atoms with Crippen LogP contribution in [0.3, 0.4) is 0 Å². The molecule has 0 saturated heterocycles. The third kappa shape index (κ3) is 3.72. The molecule has 20 heavy (non-hydrogen) atoms. The maximum absolute atomic E-state index is 11.6. The van der Waals surface area contributed by atoms with Crippen molar-refractivity contribution in [2.45, 2.75) is 45.1 Å². The van der Waals surface area contributed by atoms with Crippen molar-refractivity contribution >= 4 is 23.2 Å². The summed E-state index contributed by atoms with van der Waals surface area (Å²) in [7, 11) is 0. The van der Waals surface area contributed by atoms with Crippen LogP contribution >= 0.6 is 11.3 Å². The summed E-state index contributed by atoms with van der Waals surface area (Å²) in [6.45, 7) is 5.88. The molecule has 0 unspecified atom stereocenters. The zero-order valence-corrected chi connectivity index (χ0v) is 12.7. The molecule has 110 valence electrons. The highest BCUT2D eigenvalue weighted by molar-refractivity contribution is 7.14. The minimum atomic E-state index is -1.02. The number of carbonyl (C=O) groups excluding carboxylic acids is 1. The Kier molecular flexibility index (Phi) is 4.04. The molecule has 0 aromatic carbocycles. The van der Waals surface area contributed by atoms with Gasteiger partial charge in [0, 0.05) is 10.9 Å². The second-order valence-electron chi connectivity index (χ2n) is 5.99. The first-order valence-electron chi connectivity index (χ1n) is 6.57. The number of aromatic carboxylic acids is 1. The van der Waals surface area contributed by atoms with E-state index in [0.717, 1.165) is 17.7 Å². The van der Waals surface area contributed by atoms with Crippen LogP contribution in [0.15, 0.2) is 6.07 Å². The molecule has 5 nitrogen and oxygen atoms in total. The van der Waals surface area contributed by atoms with Crippen LogP contribution < -0.4 is 10.1 Å². The second kappa shape index (κ2) is 5.44. The minimum absolute atomic E-state index is 0.142. The van der Waals surface area contributed by atoms with Gasteiger partial charge >= 0.3 is 5.97 Å².